The van der Waals surface area contributed by atoms with E-state index in [2.05, 4.69) is 15.3 Å². The maximum Gasteiger partial charge on any atom is 0.419 e. The molecule has 2 heterocycles. The number of carbonyl (C=O) groups is 2. The second-order valence-corrected chi connectivity index (χ2v) is 9.40. The predicted molar refractivity (Wildman–Crippen MR) is 135 cm³/mol. The third kappa shape index (κ3) is 7.21. The van der Waals surface area contributed by atoms with Crippen LogP contribution in [0.25, 0.3) is 0 Å². The molecule has 0 bridgehead atoms. The molecule has 4 N–H and O–H groups in total. The van der Waals surface area contributed by atoms with Gasteiger partial charge in [0.25, 0.3) is 0 Å². The van der Waals surface area contributed by atoms with Crippen molar-refractivity contribution in [2.75, 3.05) is 18.4 Å². The SMILES string of the molecule is NC(=O)Cc1cc(F)ccc1CCc1nc(Nc2ccc(C3CCN(C(=O)O)CC3)cc2)ncc1C(F)(F)F. The lowest BCUT2D eigenvalue weighted by atomic mass is 9.89. The summed E-state index contributed by atoms with van der Waals surface area (Å²) in [5.41, 5.74) is 6.46. The first-order valence-corrected chi connectivity index (χ1v) is 12.3. The van der Waals surface area contributed by atoms with Crippen molar-refractivity contribution in [3.8, 4) is 0 Å². The number of carbonyl (C=O) groups excluding carboxylic acids is 1. The number of likely N-dealkylation sites (tertiary alicyclic amines) is 1. The Labute approximate surface area is 221 Å². The van der Waals surface area contributed by atoms with Crippen molar-refractivity contribution in [1.29, 1.82) is 0 Å². The van der Waals surface area contributed by atoms with Crippen molar-refractivity contribution in [1.82, 2.24) is 14.9 Å². The number of piperidine rings is 1. The van der Waals surface area contributed by atoms with E-state index in [1.165, 1.54) is 17.0 Å². The van der Waals surface area contributed by atoms with E-state index in [-0.39, 0.29) is 36.8 Å². The number of hydrogen-bond donors (Lipinski definition) is 3. The fourth-order valence-electron chi connectivity index (χ4n) is 4.72. The van der Waals surface area contributed by atoms with Crippen LogP contribution in [0.4, 0.5) is 34.0 Å². The fraction of sp³-hybridized carbons (Fsp3) is 0.333. The van der Waals surface area contributed by atoms with Gasteiger partial charge in [0.15, 0.2) is 0 Å². The second kappa shape index (κ2) is 11.7. The zero-order chi connectivity index (χ0) is 28.2. The molecule has 1 aliphatic heterocycles. The Balaban J connectivity index is 1.49. The molecule has 2 aromatic carbocycles. The Morgan fingerprint density at radius 3 is 2.36 bits per heavy atom. The molecule has 4 rings (SSSR count). The molecule has 2 amide bonds. The summed E-state index contributed by atoms with van der Waals surface area (Å²) in [5, 5.41) is 12.0. The molecule has 1 aromatic heterocycles. The highest BCUT2D eigenvalue weighted by Crippen LogP contribution is 2.33. The molecule has 1 saturated heterocycles. The van der Waals surface area contributed by atoms with Gasteiger partial charge in [0.2, 0.25) is 11.9 Å². The van der Waals surface area contributed by atoms with Gasteiger partial charge in [-0.05, 0) is 72.6 Å². The number of benzene rings is 2. The highest BCUT2D eigenvalue weighted by molar-refractivity contribution is 5.77. The van der Waals surface area contributed by atoms with E-state index in [4.69, 9.17) is 10.8 Å². The third-order valence-electron chi connectivity index (χ3n) is 6.74. The number of alkyl halides is 3. The molecule has 1 fully saturated rings. The molecular formula is C27H27F4N5O3. The molecule has 3 aromatic rings. The Morgan fingerprint density at radius 1 is 1.05 bits per heavy atom. The lowest BCUT2D eigenvalue weighted by molar-refractivity contribution is -0.138. The standard InChI is InChI=1S/C27H27F4N5O3/c28-20-5-1-17(19(13-20)14-24(32)37)4-8-23-22(27(29,30)31)15-33-25(35-23)34-21-6-2-16(3-7-21)18-9-11-36(12-10-18)26(38)39/h1-3,5-7,13,15,18H,4,8-12,14H2,(H2,32,37)(H,38,39)(H,33,34,35). The quantitative estimate of drug-likeness (QED) is 0.341. The molecule has 0 atom stereocenters. The number of aryl methyl sites for hydroxylation is 2. The molecule has 0 spiro atoms. The lowest BCUT2D eigenvalue weighted by Gasteiger charge is -2.30. The first-order chi connectivity index (χ1) is 18.5. The Bertz CT molecular complexity index is 1340. The minimum Gasteiger partial charge on any atom is -0.465 e. The average molecular weight is 546 g/mol. The van der Waals surface area contributed by atoms with Crippen LogP contribution in [0, 0.1) is 5.82 Å². The Kier molecular flexibility index (Phi) is 8.32. The monoisotopic (exact) mass is 545 g/mol. The molecular weight excluding hydrogens is 518 g/mol. The van der Waals surface area contributed by atoms with E-state index in [9.17, 15) is 27.2 Å². The molecule has 0 radical (unpaired) electrons. The smallest absolute Gasteiger partial charge is 0.419 e. The number of hydrogen-bond acceptors (Lipinski definition) is 5. The third-order valence-corrected chi connectivity index (χ3v) is 6.74. The summed E-state index contributed by atoms with van der Waals surface area (Å²) in [7, 11) is 0. The number of amides is 2. The van der Waals surface area contributed by atoms with Crippen LogP contribution < -0.4 is 11.1 Å². The normalized spacial score (nSPS) is 14.3. The van der Waals surface area contributed by atoms with Crippen molar-refractivity contribution >= 4 is 23.6 Å². The Hall–Kier alpha value is -4.22. The van der Waals surface area contributed by atoms with Crippen LogP contribution >= 0.6 is 0 Å². The molecule has 1 aliphatic rings. The first kappa shape index (κ1) is 27.8. The van der Waals surface area contributed by atoms with Gasteiger partial charge >= 0.3 is 12.3 Å². The number of halogens is 4. The number of nitrogens with one attached hydrogen (secondary N) is 1. The molecule has 0 saturated carbocycles. The van der Waals surface area contributed by atoms with E-state index >= 15 is 0 Å². The number of nitrogens with two attached hydrogens (primary N) is 1. The van der Waals surface area contributed by atoms with Crippen LogP contribution in [0.1, 0.15) is 46.7 Å². The number of carboxylic acid groups (broad SMARTS) is 1. The van der Waals surface area contributed by atoms with Gasteiger partial charge < -0.3 is 21.1 Å². The summed E-state index contributed by atoms with van der Waals surface area (Å²) in [5.74, 6) is -1.05. The van der Waals surface area contributed by atoms with Crippen molar-refractivity contribution in [2.45, 2.75) is 44.2 Å². The van der Waals surface area contributed by atoms with Gasteiger partial charge in [-0.3, -0.25) is 4.79 Å². The summed E-state index contributed by atoms with van der Waals surface area (Å²) in [6, 6.07) is 11.1. The van der Waals surface area contributed by atoms with Gasteiger partial charge in [0.05, 0.1) is 17.7 Å². The van der Waals surface area contributed by atoms with E-state index in [0.29, 0.717) is 42.7 Å². The van der Waals surface area contributed by atoms with Gasteiger partial charge in [0, 0.05) is 25.0 Å². The second-order valence-electron chi connectivity index (χ2n) is 9.40. The van der Waals surface area contributed by atoms with E-state index < -0.39 is 29.6 Å². The molecule has 0 unspecified atom stereocenters. The van der Waals surface area contributed by atoms with Crippen LogP contribution in [0.2, 0.25) is 0 Å². The lowest BCUT2D eigenvalue weighted by Crippen LogP contribution is -2.36. The number of rotatable bonds is 8. The topological polar surface area (TPSA) is 121 Å². The predicted octanol–water partition coefficient (Wildman–Crippen LogP) is 5.05. The Morgan fingerprint density at radius 2 is 1.74 bits per heavy atom. The molecule has 0 aliphatic carbocycles. The maximum absolute atomic E-state index is 13.7. The molecule has 39 heavy (non-hydrogen) atoms. The van der Waals surface area contributed by atoms with Gasteiger partial charge in [-0.1, -0.05) is 18.2 Å². The number of aromatic nitrogens is 2. The van der Waals surface area contributed by atoms with Gasteiger partial charge in [-0.15, -0.1) is 0 Å². The molecule has 206 valence electrons. The van der Waals surface area contributed by atoms with Crippen molar-refractivity contribution in [3.05, 3.63) is 82.4 Å². The van der Waals surface area contributed by atoms with Gasteiger partial charge in [-0.2, -0.15) is 13.2 Å². The van der Waals surface area contributed by atoms with Gasteiger partial charge in [0.1, 0.15) is 5.82 Å². The summed E-state index contributed by atoms with van der Waals surface area (Å²) < 4.78 is 54.7. The van der Waals surface area contributed by atoms with Gasteiger partial charge in [-0.25, -0.2) is 19.2 Å². The van der Waals surface area contributed by atoms with Crippen LogP contribution in [-0.4, -0.2) is 45.1 Å². The molecule has 8 nitrogen and oxygen atoms in total. The van der Waals surface area contributed by atoms with Crippen molar-refractivity contribution in [2.24, 2.45) is 5.73 Å². The van der Waals surface area contributed by atoms with Crippen LogP contribution in [-0.2, 0) is 30.2 Å². The van der Waals surface area contributed by atoms with Crippen LogP contribution in [0.5, 0.6) is 0 Å². The minimum atomic E-state index is -4.68. The highest BCUT2D eigenvalue weighted by Gasteiger charge is 2.35. The highest BCUT2D eigenvalue weighted by atomic mass is 19.4. The van der Waals surface area contributed by atoms with Crippen molar-refractivity contribution < 1.29 is 32.3 Å². The fourth-order valence-corrected chi connectivity index (χ4v) is 4.72. The van der Waals surface area contributed by atoms with E-state index in [1.54, 1.807) is 12.1 Å². The zero-order valence-corrected chi connectivity index (χ0v) is 20.8. The van der Waals surface area contributed by atoms with Crippen molar-refractivity contribution in [3.63, 3.8) is 0 Å². The molecule has 12 heteroatoms. The summed E-state index contributed by atoms with van der Waals surface area (Å²) in [4.78, 5) is 31.8. The average Bonchev–Trinajstić information content (AvgIpc) is 2.88. The zero-order valence-electron chi connectivity index (χ0n) is 20.8. The van der Waals surface area contributed by atoms with Crippen LogP contribution in [0.15, 0.2) is 48.7 Å². The first-order valence-electron chi connectivity index (χ1n) is 12.3. The summed E-state index contributed by atoms with van der Waals surface area (Å²) >= 11 is 0. The summed E-state index contributed by atoms with van der Waals surface area (Å²) in [6.45, 7) is 0.925. The maximum atomic E-state index is 13.7. The van der Waals surface area contributed by atoms with E-state index in [1.807, 2.05) is 12.1 Å². The largest absolute Gasteiger partial charge is 0.465 e. The number of anilines is 2. The van der Waals surface area contributed by atoms with Crippen LogP contribution in [0.3, 0.4) is 0 Å². The summed E-state index contributed by atoms with van der Waals surface area (Å²) in [6.07, 6.45) is -3.74. The number of primary amides is 1. The minimum absolute atomic E-state index is 0.0167. The van der Waals surface area contributed by atoms with E-state index in [0.717, 1.165) is 17.8 Å². The number of nitrogens with zero attached hydrogens (tertiary/aromatic N) is 3.